The van der Waals surface area contributed by atoms with Gasteiger partial charge in [-0.2, -0.15) is 0 Å². The highest BCUT2D eigenvalue weighted by Gasteiger charge is 2.11. The average molecular weight is 299 g/mol. The fraction of sp³-hybridized carbons (Fsp3) is 0.368. The lowest BCUT2D eigenvalue weighted by Gasteiger charge is -2.15. The second-order valence-corrected chi connectivity index (χ2v) is 5.52. The number of aryl methyl sites for hydroxylation is 1. The predicted octanol–water partition coefficient (Wildman–Crippen LogP) is 3.38. The highest BCUT2D eigenvalue weighted by molar-refractivity contribution is 5.41. The SMILES string of the molecule is CCc1ccc(CC(N)Cc2ccc(OC)cc2OC)cc1. The summed E-state index contributed by atoms with van der Waals surface area (Å²) in [7, 11) is 3.33. The van der Waals surface area contributed by atoms with Gasteiger partial charge in [-0.15, -0.1) is 0 Å². The third kappa shape index (κ3) is 4.25. The number of rotatable bonds is 7. The fourth-order valence-electron chi connectivity index (χ4n) is 2.59. The van der Waals surface area contributed by atoms with E-state index in [1.54, 1.807) is 14.2 Å². The summed E-state index contributed by atoms with van der Waals surface area (Å²) < 4.78 is 10.7. The number of nitrogens with two attached hydrogens (primary N) is 1. The van der Waals surface area contributed by atoms with E-state index in [0.717, 1.165) is 36.3 Å². The molecule has 0 aromatic heterocycles. The maximum absolute atomic E-state index is 6.32. The van der Waals surface area contributed by atoms with E-state index in [2.05, 4.69) is 31.2 Å². The first-order chi connectivity index (χ1) is 10.7. The van der Waals surface area contributed by atoms with Crippen LogP contribution < -0.4 is 15.2 Å². The molecule has 0 aliphatic carbocycles. The Morgan fingerprint density at radius 3 is 2.18 bits per heavy atom. The molecule has 0 fully saturated rings. The van der Waals surface area contributed by atoms with Gasteiger partial charge in [0.25, 0.3) is 0 Å². The highest BCUT2D eigenvalue weighted by Crippen LogP contribution is 2.25. The zero-order valence-electron chi connectivity index (χ0n) is 13.6. The second-order valence-electron chi connectivity index (χ2n) is 5.52. The monoisotopic (exact) mass is 299 g/mol. The van der Waals surface area contributed by atoms with Crippen LogP contribution in [0.5, 0.6) is 11.5 Å². The molecule has 0 spiro atoms. The first-order valence-corrected chi connectivity index (χ1v) is 7.70. The van der Waals surface area contributed by atoms with Crippen molar-refractivity contribution in [3.8, 4) is 11.5 Å². The molecule has 2 rings (SSSR count). The summed E-state index contributed by atoms with van der Waals surface area (Å²) in [5, 5.41) is 0. The molecule has 0 amide bonds. The molecular formula is C19H25NO2. The standard InChI is InChI=1S/C19H25NO2/c1-4-14-5-7-15(8-6-14)11-17(20)12-16-9-10-18(21-2)13-19(16)22-3/h5-10,13,17H,4,11-12,20H2,1-3H3. The van der Waals surface area contributed by atoms with Gasteiger partial charge in [0.15, 0.2) is 0 Å². The Kier molecular flexibility index (Phi) is 5.84. The molecule has 0 saturated heterocycles. The molecule has 0 saturated carbocycles. The van der Waals surface area contributed by atoms with Crippen LogP contribution in [-0.2, 0) is 19.3 Å². The summed E-state index contributed by atoms with van der Waals surface area (Å²) in [6, 6.07) is 14.6. The van der Waals surface area contributed by atoms with Crippen molar-refractivity contribution in [2.24, 2.45) is 5.73 Å². The Morgan fingerprint density at radius 2 is 1.59 bits per heavy atom. The van der Waals surface area contributed by atoms with E-state index >= 15 is 0 Å². The van der Waals surface area contributed by atoms with Crippen LogP contribution in [0, 0.1) is 0 Å². The molecule has 2 aromatic rings. The van der Waals surface area contributed by atoms with E-state index in [1.807, 2.05) is 18.2 Å². The minimum Gasteiger partial charge on any atom is -0.497 e. The first-order valence-electron chi connectivity index (χ1n) is 7.70. The summed E-state index contributed by atoms with van der Waals surface area (Å²) in [6.45, 7) is 2.16. The number of methoxy groups -OCH3 is 2. The van der Waals surface area contributed by atoms with Crippen molar-refractivity contribution >= 4 is 0 Å². The molecule has 3 heteroatoms. The largest absolute Gasteiger partial charge is 0.497 e. The lowest BCUT2D eigenvalue weighted by Crippen LogP contribution is -2.25. The molecule has 1 unspecified atom stereocenters. The number of hydrogen-bond acceptors (Lipinski definition) is 3. The minimum absolute atomic E-state index is 0.0646. The van der Waals surface area contributed by atoms with Gasteiger partial charge in [0, 0.05) is 12.1 Å². The summed E-state index contributed by atoms with van der Waals surface area (Å²) in [5.74, 6) is 1.63. The third-order valence-electron chi connectivity index (χ3n) is 3.91. The van der Waals surface area contributed by atoms with Gasteiger partial charge in [-0.05, 0) is 42.0 Å². The Labute approximate surface area is 133 Å². The maximum Gasteiger partial charge on any atom is 0.125 e. The van der Waals surface area contributed by atoms with E-state index in [1.165, 1.54) is 11.1 Å². The van der Waals surface area contributed by atoms with Crippen molar-refractivity contribution in [2.45, 2.75) is 32.2 Å². The summed E-state index contributed by atoms with van der Waals surface area (Å²) >= 11 is 0. The molecule has 0 radical (unpaired) electrons. The van der Waals surface area contributed by atoms with Gasteiger partial charge in [-0.1, -0.05) is 37.3 Å². The van der Waals surface area contributed by atoms with Crippen molar-refractivity contribution in [1.29, 1.82) is 0 Å². The third-order valence-corrected chi connectivity index (χ3v) is 3.91. The van der Waals surface area contributed by atoms with E-state index in [0.29, 0.717) is 0 Å². The van der Waals surface area contributed by atoms with Gasteiger partial charge < -0.3 is 15.2 Å². The second kappa shape index (κ2) is 7.85. The molecule has 0 heterocycles. The quantitative estimate of drug-likeness (QED) is 0.852. The van der Waals surface area contributed by atoms with Gasteiger partial charge in [-0.25, -0.2) is 0 Å². The van der Waals surface area contributed by atoms with E-state index in [9.17, 15) is 0 Å². The van der Waals surface area contributed by atoms with Crippen molar-refractivity contribution in [3.05, 3.63) is 59.2 Å². The molecule has 0 aliphatic heterocycles. The number of hydrogen-bond donors (Lipinski definition) is 1. The van der Waals surface area contributed by atoms with Crippen LogP contribution in [0.1, 0.15) is 23.6 Å². The lowest BCUT2D eigenvalue weighted by molar-refractivity contribution is 0.390. The van der Waals surface area contributed by atoms with Gasteiger partial charge in [0.2, 0.25) is 0 Å². The normalized spacial score (nSPS) is 12.0. The van der Waals surface area contributed by atoms with Gasteiger partial charge in [0.05, 0.1) is 14.2 Å². The van der Waals surface area contributed by atoms with Crippen LogP contribution in [-0.4, -0.2) is 20.3 Å². The zero-order chi connectivity index (χ0) is 15.9. The van der Waals surface area contributed by atoms with Crippen molar-refractivity contribution in [1.82, 2.24) is 0 Å². The molecule has 2 N–H and O–H groups in total. The minimum atomic E-state index is 0.0646. The van der Waals surface area contributed by atoms with Crippen LogP contribution in [0.15, 0.2) is 42.5 Å². The van der Waals surface area contributed by atoms with Crippen LogP contribution >= 0.6 is 0 Å². The first kappa shape index (κ1) is 16.4. The van der Waals surface area contributed by atoms with Gasteiger partial charge >= 0.3 is 0 Å². The van der Waals surface area contributed by atoms with Crippen molar-refractivity contribution in [3.63, 3.8) is 0 Å². The van der Waals surface area contributed by atoms with Crippen LogP contribution in [0.2, 0.25) is 0 Å². The molecule has 1 atom stereocenters. The zero-order valence-corrected chi connectivity index (χ0v) is 13.6. The molecule has 118 valence electrons. The molecule has 3 nitrogen and oxygen atoms in total. The Bertz CT molecular complexity index is 593. The molecule has 2 aromatic carbocycles. The predicted molar refractivity (Wildman–Crippen MR) is 90.7 cm³/mol. The molecule has 0 aliphatic rings. The molecular weight excluding hydrogens is 274 g/mol. The average Bonchev–Trinajstić information content (AvgIpc) is 2.55. The van der Waals surface area contributed by atoms with Crippen LogP contribution in [0.4, 0.5) is 0 Å². The maximum atomic E-state index is 6.32. The van der Waals surface area contributed by atoms with Crippen LogP contribution in [0.25, 0.3) is 0 Å². The molecule has 0 bridgehead atoms. The Hall–Kier alpha value is -2.00. The Balaban J connectivity index is 2.03. The van der Waals surface area contributed by atoms with Crippen molar-refractivity contribution < 1.29 is 9.47 Å². The lowest BCUT2D eigenvalue weighted by atomic mass is 9.98. The fourth-order valence-corrected chi connectivity index (χ4v) is 2.59. The summed E-state index contributed by atoms with van der Waals surface area (Å²) in [6.07, 6.45) is 2.71. The summed E-state index contributed by atoms with van der Waals surface area (Å²) in [4.78, 5) is 0. The summed E-state index contributed by atoms with van der Waals surface area (Å²) in [5.41, 5.74) is 10.1. The van der Waals surface area contributed by atoms with E-state index in [-0.39, 0.29) is 6.04 Å². The van der Waals surface area contributed by atoms with Gasteiger partial charge in [-0.3, -0.25) is 0 Å². The van der Waals surface area contributed by atoms with E-state index in [4.69, 9.17) is 15.2 Å². The smallest absolute Gasteiger partial charge is 0.125 e. The van der Waals surface area contributed by atoms with E-state index < -0.39 is 0 Å². The van der Waals surface area contributed by atoms with Crippen molar-refractivity contribution in [2.75, 3.05) is 14.2 Å². The van der Waals surface area contributed by atoms with Gasteiger partial charge in [0.1, 0.15) is 11.5 Å². The topological polar surface area (TPSA) is 44.5 Å². The molecule has 22 heavy (non-hydrogen) atoms. The Morgan fingerprint density at radius 1 is 0.909 bits per heavy atom. The number of benzene rings is 2. The highest BCUT2D eigenvalue weighted by atomic mass is 16.5. The van der Waals surface area contributed by atoms with Crippen LogP contribution in [0.3, 0.4) is 0 Å². The number of ether oxygens (including phenoxy) is 2.